The zero-order valence-electron chi connectivity index (χ0n) is 9.00. The molecule has 1 aromatic rings. The number of nitrogens with zero attached hydrogens (tertiary/aromatic N) is 3. The topological polar surface area (TPSA) is 66.3 Å². The summed E-state index contributed by atoms with van der Waals surface area (Å²) in [5.74, 6) is 1.11. The summed E-state index contributed by atoms with van der Waals surface area (Å²) in [6, 6.07) is 0.0593. The minimum absolute atomic E-state index is 0.0593. The molecule has 1 unspecified atom stereocenters. The number of aliphatic carboxylic acids is 1. The molecule has 0 aromatic carbocycles. The van der Waals surface area contributed by atoms with Crippen molar-refractivity contribution >= 4 is 40.9 Å². The van der Waals surface area contributed by atoms with E-state index < -0.39 is 5.97 Å². The van der Waals surface area contributed by atoms with Crippen LogP contribution in [0.2, 0.25) is 4.34 Å². The molecule has 0 saturated carbocycles. The zero-order valence-corrected chi connectivity index (χ0v) is 11.4. The van der Waals surface area contributed by atoms with Crippen LogP contribution in [-0.4, -0.2) is 49.7 Å². The van der Waals surface area contributed by atoms with Gasteiger partial charge in [0.05, 0.1) is 6.42 Å². The van der Waals surface area contributed by atoms with Crippen molar-refractivity contribution < 1.29 is 9.90 Å². The Balaban J connectivity index is 2.01. The Labute approximate surface area is 112 Å². The molecule has 1 aliphatic heterocycles. The third kappa shape index (κ3) is 3.54. The Bertz CT molecular complexity index is 401. The number of aromatic nitrogens is 2. The van der Waals surface area contributed by atoms with Crippen molar-refractivity contribution in [2.75, 3.05) is 18.1 Å². The summed E-state index contributed by atoms with van der Waals surface area (Å²) in [5.41, 5.74) is 0.749. The molecule has 0 aliphatic carbocycles. The van der Waals surface area contributed by atoms with Gasteiger partial charge in [0.15, 0.2) is 0 Å². The second-order valence-corrected chi connectivity index (χ2v) is 6.30. The van der Waals surface area contributed by atoms with Gasteiger partial charge in [-0.2, -0.15) is 11.8 Å². The van der Waals surface area contributed by atoms with Crippen molar-refractivity contribution in [3.63, 3.8) is 0 Å². The summed E-state index contributed by atoms with van der Waals surface area (Å²) >= 11 is 8.92. The average Bonchev–Trinajstić information content (AvgIpc) is 2.67. The molecule has 0 radical (unpaired) electrons. The highest BCUT2D eigenvalue weighted by molar-refractivity contribution is 7.99. The van der Waals surface area contributed by atoms with E-state index in [4.69, 9.17) is 16.7 Å². The first-order chi connectivity index (χ1) is 8.16. The van der Waals surface area contributed by atoms with Crippen LogP contribution < -0.4 is 0 Å². The summed E-state index contributed by atoms with van der Waals surface area (Å²) in [6.07, 6.45) is 0.169. The number of hydrogen-bond donors (Lipinski definition) is 1. The number of hydrogen-bond acceptors (Lipinski definition) is 6. The molecule has 1 fully saturated rings. The predicted octanol–water partition coefficient (Wildman–Crippen LogP) is 1.58. The monoisotopic (exact) mass is 293 g/mol. The molecule has 1 saturated heterocycles. The molecular formula is C9H12ClN3O2S2. The highest BCUT2D eigenvalue weighted by Crippen LogP contribution is 2.24. The number of carboxylic acids is 1. The Hall–Kier alpha value is -0.370. The van der Waals surface area contributed by atoms with Gasteiger partial charge in [-0.05, 0) is 0 Å². The molecule has 17 heavy (non-hydrogen) atoms. The Morgan fingerprint density at radius 1 is 1.65 bits per heavy atom. The number of halogens is 1. The lowest BCUT2D eigenvalue weighted by Gasteiger charge is -2.33. The smallest absolute Gasteiger partial charge is 0.304 e. The molecule has 5 nitrogen and oxygen atoms in total. The van der Waals surface area contributed by atoms with Gasteiger partial charge < -0.3 is 5.11 Å². The Morgan fingerprint density at radius 3 is 3.12 bits per heavy atom. The molecule has 8 heteroatoms. The summed E-state index contributed by atoms with van der Waals surface area (Å²) < 4.78 is 4.38. The van der Waals surface area contributed by atoms with Crippen LogP contribution in [0.1, 0.15) is 12.1 Å². The minimum atomic E-state index is -0.759. The van der Waals surface area contributed by atoms with Crippen molar-refractivity contribution in [2.45, 2.75) is 19.0 Å². The number of carboxylic acid groups (broad SMARTS) is 1. The largest absolute Gasteiger partial charge is 0.481 e. The second-order valence-electron chi connectivity index (χ2n) is 3.79. The van der Waals surface area contributed by atoms with Crippen LogP contribution in [0.15, 0.2) is 0 Å². The summed E-state index contributed by atoms with van der Waals surface area (Å²) in [5, 5.41) is 12.8. The van der Waals surface area contributed by atoms with E-state index >= 15 is 0 Å². The summed E-state index contributed by atoms with van der Waals surface area (Å²) in [7, 11) is 0. The van der Waals surface area contributed by atoms with Gasteiger partial charge in [0.25, 0.3) is 0 Å². The predicted molar refractivity (Wildman–Crippen MR) is 68.7 cm³/mol. The van der Waals surface area contributed by atoms with E-state index in [1.807, 2.05) is 0 Å². The first-order valence-electron chi connectivity index (χ1n) is 5.17. The number of carbonyl (C=O) groups is 1. The van der Waals surface area contributed by atoms with E-state index in [9.17, 15) is 4.79 Å². The van der Waals surface area contributed by atoms with Gasteiger partial charge in [0, 0.05) is 42.2 Å². The van der Waals surface area contributed by atoms with E-state index in [2.05, 4.69) is 14.5 Å². The SMILES string of the molecule is O=C(O)CC1CSCCN1Cc1nnsc1Cl. The third-order valence-corrected chi connectivity index (χ3v) is 4.70. The standard InChI is InChI=1S/C9H12ClN3O2S2/c10-9-7(11-12-17-9)4-13-1-2-16-5-6(13)3-8(14)15/h6H,1-5H2,(H,14,15). The van der Waals surface area contributed by atoms with Crippen molar-refractivity contribution in [2.24, 2.45) is 0 Å². The lowest BCUT2D eigenvalue weighted by molar-refractivity contribution is -0.138. The molecule has 2 heterocycles. The molecule has 1 atom stereocenters. The normalized spacial score (nSPS) is 21.6. The van der Waals surface area contributed by atoms with E-state index in [1.165, 1.54) is 0 Å². The van der Waals surface area contributed by atoms with Gasteiger partial charge in [-0.25, -0.2) is 0 Å². The van der Waals surface area contributed by atoms with E-state index in [0.717, 1.165) is 35.3 Å². The zero-order chi connectivity index (χ0) is 12.3. The fourth-order valence-electron chi connectivity index (χ4n) is 1.77. The van der Waals surface area contributed by atoms with E-state index in [1.54, 1.807) is 11.8 Å². The quantitative estimate of drug-likeness (QED) is 0.909. The van der Waals surface area contributed by atoms with E-state index in [0.29, 0.717) is 10.9 Å². The second kappa shape index (κ2) is 5.99. The fraction of sp³-hybridized carbons (Fsp3) is 0.667. The Kier molecular flexibility index (Phi) is 4.61. The number of rotatable bonds is 4. The minimum Gasteiger partial charge on any atom is -0.481 e. The lowest BCUT2D eigenvalue weighted by atomic mass is 10.2. The highest BCUT2D eigenvalue weighted by atomic mass is 35.5. The van der Waals surface area contributed by atoms with Crippen LogP contribution in [0.25, 0.3) is 0 Å². The molecule has 1 aromatic heterocycles. The van der Waals surface area contributed by atoms with Gasteiger partial charge in [-0.15, -0.1) is 5.10 Å². The number of thioether (sulfide) groups is 1. The van der Waals surface area contributed by atoms with Crippen molar-refractivity contribution in [1.29, 1.82) is 0 Å². The van der Waals surface area contributed by atoms with Crippen LogP contribution >= 0.6 is 34.9 Å². The van der Waals surface area contributed by atoms with Gasteiger partial charge in [0.1, 0.15) is 10.0 Å². The van der Waals surface area contributed by atoms with Crippen LogP contribution in [0.5, 0.6) is 0 Å². The summed E-state index contributed by atoms with van der Waals surface area (Å²) in [6.45, 7) is 1.46. The molecule has 94 valence electrons. The van der Waals surface area contributed by atoms with Crippen LogP contribution in [0.4, 0.5) is 0 Å². The van der Waals surface area contributed by atoms with Crippen molar-refractivity contribution in [3.8, 4) is 0 Å². The van der Waals surface area contributed by atoms with Crippen LogP contribution in [-0.2, 0) is 11.3 Å². The maximum Gasteiger partial charge on any atom is 0.304 e. The maximum atomic E-state index is 10.8. The molecular weight excluding hydrogens is 282 g/mol. The molecule has 1 N–H and O–H groups in total. The van der Waals surface area contributed by atoms with Crippen molar-refractivity contribution in [3.05, 3.63) is 10.0 Å². The van der Waals surface area contributed by atoms with Crippen molar-refractivity contribution in [1.82, 2.24) is 14.5 Å². The summed E-state index contributed by atoms with van der Waals surface area (Å²) in [4.78, 5) is 12.9. The van der Waals surface area contributed by atoms with Gasteiger partial charge in [-0.1, -0.05) is 16.1 Å². The molecule has 0 bridgehead atoms. The average molecular weight is 294 g/mol. The molecule has 0 amide bonds. The maximum absolute atomic E-state index is 10.8. The van der Waals surface area contributed by atoms with E-state index in [-0.39, 0.29) is 12.5 Å². The fourth-order valence-corrected chi connectivity index (χ4v) is 3.51. The Morgan fingerprint density at radius 2 is 2.47 bits per heavy atom. The molecule has 2 rings (SSSR count). The lowest BCUT2D eigenvalue weighted by Crippen LogP contribution is -2.43. The third-order valence-electron chi connectivity index (χ3n) is 2.62. The van der Waals surface area contributed by atoms with Gasteiger partial charge >= 0.3 is 5.97 Å². The van der Waals surface area contributed by atoms with Gasteiger partial charge in [0.2, 0.25) is 0 Å². The molecule has 1 aliphatic rings. The first kappa shape index (κ1) is 13.1. The highest BCUT2D eigenvalue weighted by Gasteiger charge is 2.26. The van der Waals surface area contributed by atoms with Crippen LogP contribution in [0.3, 0.4) is 0 Å². The van der Waals surface area contributed by atoms with Crippen LogP contribution in [0, 0.1) is 0 Å². The first-order valence-corrected chi connectivity index (χ1v) is 7.47. The molecule has 0 spiro atoms. The van der Waals surface area contributed by atoms with Gasteiger partial charge in [-0.3, -0.25) is 9.69 Å².